The van der Waals surface area contributed by atoms with Crippen molar-refractivity contribution in [1.82, 2.24) is 0 Å². The molecule has 268 valence electrons. The van der Waals surface area contributed by atoms with Crippen LogP contribution in [-0.4, -0.2) is 31.0 Å². The number of benzene rings is 6. The number of azo groups is 3. The van der Waals surface area contributed by atoms with Crippen molar-refractivity contribution < 1.29 is 31.0 Å². The topological polar surface area (TPSA) is 281 Å². The molecule has 9 N–H and O–H groups in total. The van der Waals surface area contributed by atoms with Gasteiger partial charge in [0.25, 0.3) is 20.2 Å². The average Bonchev–Trinajstić information content (AvgIpc) is 3.11. The Balaban J connectivity index is 1.28. The molecular weight excluding hydrogens is 743 g/mol. The maximum Gasteiger partial charge on any atom is 0.296 e. The van der Waals surface area contributed by atoms with Crippen LogP contribution in [0.3, 0.4) is 0 Å². The summed E-state index contributed by atoms with van der Waals surface area (Å²) in [7, 11) is -10.1. The van der Waals surface area contributed by atoms with Crippen molar-refractivity contribution >= 4 is 94.0 Å². The molecule has 0 aliphatic heterocycles. The molecule has 19 heteroatoms. The summed E-state index contributed by atoms with van der Waals surface area (Å²) in [6.45, 7) is 0. The van der Waals surface area contributed by atoms with Gasteiger partial charge in [0.1, 0.15) is 26.9 Å². The Labute approximate surface area is 306 Å². The summed E-state index contributed by atoms with van der Waals surface area (Å²) in [5.41, 5.74) is 18.8. The van der Waals surface area contributed by atoms with Crippen LogP contribution in [0.15, 0.2) is 159 Å². The number of nitrogens with zero attached hydrogens (tertiary/aromatic N) is 6. The fraction of sp³-hybridized carbons (Fsp3) is 0. The largest absolute Gasteiger partial charge is 0.505 e. The second-order valence-corrected chi connectivity index (χ2v) is 15.0. The van der Waals surface area contributed by atoms with Crippen molar-refractivity contribution in [3.05, 3.63) is 109 Å². The smallest absolute Gasteiger partial charge is 0.296 e. The van der Waals surface area contributed by atoms with Crippen LogP contribution in [-0.2, 0) is 20.2 Å². The Kier molecular flexibility index (Phi) is 10.2. The van der Waals surface area contributed by atoms with Crippen molar-refractivity contribution in [1.29, 1.82) is 0 Å². The molecule has 6 rings (SSSR count). The van der Waals surface area contributed by atoms with Gasteiger partial charge in [-0.2, -0.15) is 32.2 Å². The minimum absolute atomic E-state index is 0.250. The summed E-state index contributed by atoms with van der Waals surface area (Å²) >= 11 is 1.43. The predicted molar refractivity (Wildman–Crippen MR) is 201 cm³/mol. The van der Waals surface area contributed by atoms with Crippen LogP contribution < -0.4 is 17.2 Å². The summed E-state index contributed by atoms with van der Waals surface area (Å²) in [6.07, 6.45) is 0. The number of hydrogen-bond acceptors (Lipinski definition) is 15. The van der Waals surface area contributed by atoms with Crippen LogP contribution in [0.25, 0.3) is 10.8 Å². The standard InChI is InChI=1S/C34H27N9O7S3/c35-20-6-15-27(26(36)18-20)41-38-22-7-11-24(12-8-22)51-25-13-9-23(10-14-25)40-43-33-29(53(48,49)50)17-19-16-28(52(45,46)47)32(31(37)30(19)34(33)44)42-39-21-4-2-1-3-5-21/h1-18,44H,35-37H2,(H,45,46,47)(H,48,49,50). The lowest BCUT2D eigenvalue weighted by atomic mass is 10.1. The molecule has 0 saturated heterocycles. The van der Waals surface area contributed by atoms with Crippen LogP contribution in [0.2, 0.25) is 0 Å². The Hall–Kier alpha value is -6.25. The SMILES string of the molecule is Nc1ccc(N=Nc2ccc(Sc3ccc(N=Nc4c(S(=O)(=O)O)cc5cc(S(=O)(=O)O)c(N=Nc6ccccc6)c(N)c5c4O)cc3)cc2)c(N)c1. The number of phenols is 1. The van der Waals surface area contributed by atoms with Gasteiger partial charge in [0, 0.05) is 15.5 Å². The highest BCUT2D eigenvalue weighted by Crippen LogP contribution is 2.48. The van der Waals surface area contributed by atoms with Gasteiger partial charge in [-0.25, -0.2) is 0 Å². The Bertz CT molecular complexity index is 2670. The number of rotatable bonds is 10. The molecule has 0 atom stereocenters. The molecule has 6 aromatic carbocycles. The van der Waals surface area contributed by atoms with Gasteiger partial charge >= 0.3 is 0 Å². The molecule has 0 heterocycles. The van der Waals surface area contributed by atoms with E-state index in [2.05, 4.69) is 30.7 Å². The fourth-order valence-corrected chi connectivity index (χ4v) is 7.03. The first-order chi connectivity index (χ1) is 25.2. The molecule has 0 radical (unpaired) electrons. The molecule has 6 aromatic rings. The summed E-state index contributed by atoms with van der Waals surface area (Å²) in [5.74, 6) is -0.860. The van der Waals surface area contributed by atoms with Crippen LogP contribution in [0.1, 0.15) is 0 Å². The third-order valence-electron chi connectivity index (χ3n) is 7.39. The van der Waals surface area contributed by atoms with E-state index >= 15 is 0 Å². The molecule has 16 nitrogen and oxygen atoms in total. The van der Waals surface area contributed by atoms with Crippen LogP contribution in [0.4, 0.5) is 51.2 Å². The van der Waals surface area contributed by atoms with E-state index in [1.54, 1.807) is 84.9 Å². The van der Waals surface area contributed by atoms with Gasteiger partial charge in [0.05, 0.1) is 33.8 Å². The van der Waals surface area contributed by atoms with Crippen molar-refractivity contribution in [2.75, 3.05) is 17.2 Å². The Morgan fingerprint density at radius 1 is 0.547 bits per heavy atom. The maximum absolute atomic E-state index is 12.4. The van der Waals surface area contributed by atoms with Gasteiger partial charge in [-0.3, -0.25) is 9.11 Å². The Morgan fingerprint density at radius 2 is 1.04 bits per heavy atom. The second-order valence-electron chi connectivity index (χ2n) is 11.1. The number of nitrogens with two attached hydrogens (primary N) is 3. The van der Waals surface area contributed by atoms with Crippen molar-refractivity contribution in [2.45, 2.75) is 19.6 Å². The van der Waals surface area contributed by atoms with E-state index in [4.69, 9.17) is 17.2 Å². The zero-order valence-corrected chi connectivity index (χ0v) is 29.5. The van der Waals surface area contributed by atoms with Gasteiger partial charge in [-0.05, 0) is 96.4 Å². The van der Waals surface area contributed by atoms with Crippen molar-refractivity contribution in [3.63, 3.8) is 0 Å². The molecule has 0 aliphatic rings. The van der Waals surface area contributed by atoms with E-state index in [-0.39, 0.29) is 16.5 Å². The number of nitrogen functional groups attached to an aromatic ring is 3. The third kappa shape index (κ3) is 8.46. The summed E-state index contributed by atoms with van der Waals surface area (Å²) < 4.78 is 69.4. The Morgan fingerprint density at radius 3 is 1.57 bits per heavy atom. The molecule has 0 aliphatic carbocycles. The highest BCUT2D eigenvalue weighted by molar-refractivity contribution is 7.99. The molecule has 0 unspecified atom stereocenters. The maximum atomic E-state index is 12.4. The lowest BCUT2D eigenvalue weighted by Crippen LogP contribution is -2.03. The van der Waals surface area contributed by atoms with Crippen molar-refractivity contribution in [2.24, 2.45) is 30.7 Å². The van der Waals surface area contributed by atoms with E-state index in [9.17, 15) is 31.0 Å². The van der Waals surface area contributed by atoms with Gasteiger partial charge in [-0.1, -0.05) is 30.0 Å². The van der Waals surface area contributed by atoms with Crippen LogP contribution in [0.5, 0.6) is 5.75 Å². The highest BCUT2D eigenvalue weighted by atomic mass is 32.2. The first-order valence-corrected chi connectivity index (χ1v) is 18.8. The van der Waals surface area contributed by atoms with Crippen LogP contribution >= 0.6 is 11.8 Å². The zero-order chi connectivity index (χ0) is 37.9. The van der Waals surface area contributed by atoms with E-state index < -0.39 is 52.8 Å². The van der Waals surface area contributed by atoms with E-state index in [0.717, 1.165) is 21.9 Å². The van der Waals surface area contributed by atoms with Gasteiger partial charge in [-0.15, -0.1) is 15.3 Å². The minimum Gasteiger partial charge on any atom is -0.505 e. The van der Waals surface area contributed by atoms with E-state index in [1.807, 2.05) is 12.1 Å². The number of anilines is 3. The third-order valence-corrected chi connectivity index (χ3v) is 10.1. The number of hydrogen-bond donors (Lipinski definition) is 6. The summed E-state index contributed by atoms with van der Waals surface area (Å²) in [5, 5.41) is 34.9. The first-order valence-electron chi connectivity index (χ1n) is 15.1. The lowest BCUT2D eigenvalue weighted by Gasteiger charge is -2.14. The molecular formula is C34H27N9O7S3. The molecule has 0 aromatic heterocycles. The lowest BCUT2D eigenvalue weighted by molar-refractivity contribution is 0.472. The number of fused-ring (bicyclic) bond motifs is 1. The fourth-order valence-electron chi connectivity index (χ4n) is 4.89. The van der Waals surface area contributed by atoms with Gasteiger partial charge in [0.2, 0.25) is 0 Å². The number of aromatic hydroxyl groups is 1. The van der Waals surface area contributed by atoms with Crippen molar-refractivity contribution in [3.8, 4) is 5.75 Å². The van der Waals surface area contributed by atoms with Gasteiger partial charge < -0.3 is 22.3 Å². The molecule has 0 spiro atoms. The normalized spacial score (nSPS) is 12.4. The van der Waals surface area contributed by atoms with Gasteiger partial charge in [0.15, 0.2) is 5.75 Å². The van der Waals surface area contributed by atoms with E-state index in [1.165, 1.54) is 11.8 Å². The summed E-state index contributed by atoms with van der Waals surface area (Å²) in [6, 6.07) is 28.7. The summed E-state index contributed by atoms with van der Waals surface area (Å²) in [4.78, 5) is -0.0179. The quantitative estimate of drug-likeness (QED) is 0.0433. The van der Waals surface area contributed by atoms with E-state index in [0.29, 0.717) is 28.4 Å². The molecule has 0 saturated carbocycles. The number of phenolic OH excluding ortho intramolecular Hbond substituents is 1. The predicted octanol–water partition coefficient (Wildman–Crippen LogP) is 9.18. The minimum atomic E-state index is -5.07. The molecule has 0 bridgehead atoms. The highest BCUT2D eigenvalue weighted by Gasteiger charge is 2.28. The molecule has 0 amide bonds. The second kappa shape index (κ2) is 14.8. The van der Waals surface area contributed by atoms with Crippen LogP contribution in [0, 0.1) is 0 Å². The average molecular weight is 770 g/mol. The monoisotopic (exact) mass is 769 g/mol. The molecule has 0 fully saturated rings. The zero-order valence-electron chi connectivity index (χ0n) is 27.0. The molecule has 53 heavy (non-hydrogen) atoms. The first kappa shape index (κ1) is 36.5.